The number of halogens is 3. The number of alkyl carbamates (subject to hydrolysis) is 1. The second-order valence-corrected chi connectivity index (χ2v) is 4.88. The molecule has 0 saturated heterocycles. The number of hydrogen-bond acceptors (Lipinski definition) is 3. The molecule has 0 atom stereocenters. The summed E-state index contributed by atoms with van der Waals surface area (Å²) in [6, 6.07) is 0. The lowest BCUT2D eigenvalue weighted by Crippen LogP contribution is -2.45. The molecule has 0 aromatic carbocycles. The number of nitrogens with zero attached hydrogens (tertiary/aromatic N) is 1. The van der Waals surface area contributed by atoms with Gasteiger partial charge >= 0.3 is 12.3 Å². The van der Waals surface area contributed by atoms with Crippen LogP contribution in [0.1, 0.15) is 27.7 Å². The molecular formula is C11H19F3N2O3. The van der Waals surface area contributed by atoms with Crippen molar-refractivity contribution in [3.8, 4) is 0 Å². The first-order chi connectivity index (χ1) is 8.44. The Kier molecular flexibility index (Phi) is 6.11. The molecule has 0 aliphatic heterocycles. The minimum Gasteiger partial charge on any atom is -0.444 e. The molecule has 0 bridgehead atoms. The van der Waals surface area contributed by atoms with E-state index < -0.39 is 36.9 Å². The molecule has 5 nitrogen and oxygen atoms in total. The van der Waals surface area contributed by atoms with Crippen molar-refractivity contribution in [2.45, 2.75) is 39.5 Å². The van der Waals surface area contributed by atoms with E-state index in [0.29, 0.717) is 4.90 Å². The summed E-state index contributed by atoms with van der Waals surface area (Å²) in [5, 5.41) is 2.12. The fraction of sp³-hybridized carbons (Fsp3) is 0.818. The molecule has 0 aromatic heterocycles. The van der Waals surface area contributed by atoms with Gasteiger partial charge in [-0.3, -0.25) is 4.79 Å². The van der Waals surface area contributed by atoms with Crippen LogP contribution in [0.25, 0.3) is 0 Å². The first-order valence-electron chi connectivity index (χ1n) is 5.76. The van der Waals surface area contributed by atoms with Gasteiger partial charge in [-0.1, -0.05) is 0 Å². The number of amides is 2. The number of nitrogens with one attached hydrogen (secondary N) is 1. The summed E-state index contributed by atoms with van der Waals surface area (Å²) >= 11 is 0. The first-order valence-corrected chi connectivity index (χ1v) is 5.76. The normalized spacial score (nSPS) is 11.9. The van der Waals surface area contributed by atoms with Gasteiger partial charge in [-0.2, -0.15) is 13.2 Å². The molecule has 2 amide bonds. The number of rotatable bonds is 4. The van der Waals surface area contributed by atoms with E-state index in [-0.39, 0.29) is 6.54 Å². The van der Waals surface area contributed by atoms with E-state index in [1.165, 1.54) is 6.92 Å². The van der Waals surface area contributed by atoms with Crippen LogP contribution in [0.4, 0.5) is 18.0 Å². The van der Waals surface area contributed by atoms with Crippen molar-refractivity contribution in [1.82, 2.24) is 10.2 Å². The summed E-state index contributed by atoms with van der Waals surface area (Å²) in [4.78, 5) is 23.3. The average Bonchev–Trinajstić information content (AvgIpc) is 2.18. The Morgan fingerprint density at radius 3 is 2.11 bits per heavy atom. The van der Waals surface area contributed by atoms with E-state index in [9.17, 15) is 22.8 Å². The largest absolute Gasteiger partial charge is 0.444 e. The average molecular weight is 284 g/mol. The molecule has 1 N–H and O–H groups in total. The van der Waals surface area contributed by atoms with E-state index in [1.807, 2.05) is 0 Å². The molecule has 0 aliphatic rings. The molecule has 0 aromatic rings. The smallest absolute Gasteiger partial charge is 0.408 e. The van der Waals surface area contributed by atoms with E-state index in [0.717, 1.165) is 0 Å². The number of ether oxygens (including phenoxy) is 1. The second kappa shape index (κ2) is 6.63. The second-order valence-electron chi connectivity index (χ2n) is 4.88. The van der Waals surface area contributed by atoms with Gasteiger partial charge < -0.3 is 15.0 Å². The third-order valence-corrected chi connectivity index (χ3v) is 1.89. The van der Waals surface area contributed by atoms with Gasteiger partial charge in [-0.05, 0) is 27.7 Å². The van der Waals surface area contributed by atoms with Crippen LogP contribution in [0.3, 0.4) is 0 Å². The highest BCUT2D eigenvalue weighted by Gasteiger charge is 2.32. The molecule has 0 rings (SSSR count). The zero-order valence-electron chi connectivity index (χ0n) is 11.4. The van der Waals surface area contributed by atoms with Crippen LogP contribution in [0.2, 0.25) is 0 Å². The van der Waals surface area contributed by atoms with Crippen molar-refractivity contribution in [2.24, 2.45) is 0 Å². The summed E-state index contributed by atoms with van der Waals surface area (Å²) in [5.41, 5.74) is -0.733. The summed E-state index contributed by atoms with van der Waals surface area (Å²) in [5.74, 6) is -0.814. The Hall–Kier alpha value is -1.47. The van der Waals surface area contributed by atoms with Crippen molar-refractivity contribution in [3.63, 3.8) is 0 Å². The molecule has 0 radical (unpaired) electrons. The zero-order chi connectivity index (χ0) is 15.3. The third-order valence-electron chi connectivity index (χ3n) is 1.89. The minimum atomic E-state index is -4.46. The Bertz CT molecular complexity index is 324. The van der Waals surface area contributed by atoms with Crippen molar-refractivity contribution in [2.75, 3.05) is 19.6 Å². The van der Waals surface area contributed by atoms with Gasteiger partial charge in [0.1, 0.15) is 18.7 Å². The predicted molar refractivity (Wildman–Crippen MR) is 62.5 cm³/mol. The van der Waals surface area contributed by atoms with Crippen molar-refractivity contribution < 1.29 is 27.5 Å². The third kappa shape index (κ3) is 9.15. The summed E-state index contributed by atoms with van der Waals surface area (Å²) < 4.78 is 41.4. The molecular weight excluding hydrogens is 265 g/mol. The number of hydrogen-bond donors (Lipinski definition) is 1. The number of alkyl halides is 3. The highest BCUT2D eigenvalue weighted by atomic mass is 19.4. The molecule has 112 valence electrons. The van der Waals surface area contributed by atoms with Gasteiger partial charge in [-0.15, -0.1) is 0 Å². The molecule has 0 spiro atoms. The van der Waals surface area contributed by atoms with Crippen molar-refractivity contribution in [3.05, 3.63) is 0 Å². The summed E-state index contributed by atoms with van der Waals surface area (Å²) in [6.45, 7) is 4.38. The minimum absolute atomic E-state index is 0.0889. The van der Waals surface area contributed by atoms with E-state index in [2.05, 4.69) is 5.32 Å². The lowest BCUT2D eigenvalue weighted by molar-refractivity contribution is -0.160. The fourth-order valence-electron chi connectivity index (χ4n) is 1.17. The van der Waals surface area contributed by atoms with Crippen molar-refractivity contribution in [1.29, 1.82) is 0 Å². The summed E-state index contributed by atoms with van der Waals surface area (Å²) in [6.07, 6.45) is -5.30. The van der Waals surface area contributed by atoms with Gasteiger partial charge in [0.25, 0.3) is 0 Å². The maximum atomic E-state index is 12.2. The lowest BCUT2D eigenvalue weighted by Gasteiger charge is -2.23. The van der Waals surface area contributed by atoms with Crippen LogP contribution in [0.15, 0.2) is 0 Å². The molecule has 19 heavy (non-hydrogen) atoms. The topological polar surface area (TPSA) is 58.6 Å². The highest BCUT2D eigenvalue weighted by molar-refractivity contribution is 5.82. The van der Waals surface area contributed by atoms with Crippen LogP contribution in [-0.2, 0) is 9.53 Å². The molecule has 0 unspecified atom stereocenters. The number of carbonyl (C=O) groups is 2. The van der Waals surface area contributed by atoms with Crippen LogP contribution < -0.4 is 5.32 Å². The standard InChI is InChI=1S/C11H19F3N2O3/c1-5-16(7-11(12,13)14)8(17)6-15-9(18)19-10(2,3)4/h5-7H2,1-4H3,(H,15,18). The van der Waals surface area contributed by atoms with Gasteiger partial charge in [0.05, 0.1) is 0 Å². The number of likely N-dealkylation sites (N-methyl/N-ethyl adjacent to an activating group) is 1. The maximum absolute atomic E-state index is 12.2. The molecule has 0 aliphatic carbocycles. The predicted octanol–water partition coefficient (Wildman–Crippen LogP) is 1.92. The summed E-state index contributed by atoms with van der Waals surface area (Å²) in [7, 11) is 0. The zero-order valence-corrected chi connectivity index (χ0v) is 11.4. The van der Waals surface area contributed by atoms with Crippen molar-refractivity contribution >= 4 is 12.0 Å². The van der Waals surface area contributed by atoms with Crippen LogP contribution in [0.5, 0.6) is 0 Å². The van der Waals surface area contributed by atoms with Crippen LogP contribution in [-0.4, -0.2) is 48.3 Å². The Balaban J connectivity index is 4.25. The lowest BCUT2D eigenvalue weighted by atomic mass is 10.2. The van der Waals surface area contributed by atoms with Gasteiger partial charge in [-0.25, -0.2) is 4.79 Å². The molecule has 0 fully saturated rings. The Morgan fingerprint density at radius 1 is 1.21 bits per heavy atom. The van der Waals surface area contributed by atoms with Crippen LogP contribution >= 0.6 is 0 Å². The number of carbonyl (C=O) groups excluding carboxylic acids is 2. The van der Waals surface area contributed by atoms with Gasteiger partial charge in [0, 0.05) is 6.54 Å². The first kappa shape index (κ1) is 17.5. The SMILES string of the molecule is CCN(CC(F)(F)F)C(=O)CNC(=O)OC(C)(C)C. The van der Waals surface area contributed by atoms with E-state index in [1.54, 1.807) is 20.8 Å². The van der Waals surface area contributed by atoms with Crippen LogP contribution in [0, 0.1) is 0 Å². The van der Waals surface area contributed by atoms with E-state index in [4.69, 9.17) is 4.74 Å². The monoisotopic (exact) mass is 284 g/mol. The quantitative estimate of drug-likeness (QED) is 0.858. The Labute approximate surface area is 110 Å². The van der Waals surface area contributed by atoms with Gasteiger partial charge in [0.15, 0.2) is 0 Å². The van der Waals surface area contributed by atoms with E-state index >= 15 is 0 Å². The highest BCUT2D eigenvalue weighted by Crippen LogP contribution is 2.16. The Morgan fingerprint density at radius 2 is 1.74 bits per heavy atom. The molecule has 0 heterocycles. The molecule has 0 saturated carbocycles. The fourth-order valence-corrected chi connectivity index (χ4v) is 1.17. The van der Waals surface area contributed by atoms with Gasteiger partial charge in [0.2, 0.25) is 5.91 Å². The molecule has 8 heteroatoms. The maximum Gasteiger partial charge on any atom is 0.408 e.